The molecule has 2 saturated heterocycles. The predicted molar refractivity (Wildman–Crippen MR) is 95.7 cm³/mol. The maximum absolute atomic E-state index is 12.9. The zero-order chi connectivity index (χ0) is 18.6. The Labute approximate surface area is 146 Å². The Morgan fingerprint density at radius 3 is 1.00 bits per heavy atom. The third kappa shape index (κ3) is 4.48. The topological polar surface area (TPSA) is 64.7 Å². The number of hydrogen-bond acceptors (Lipinski definition) is 4. The van der Waals surface area contributed by atoms with Crippen molar-refractivity contribution in [3.63, 3.8) is 0 Å². The Morgan fingerprint density at radius 1 is 0.583 bits per heavy atom. The molecular formula is C18H34N4O2. The fourth-order valence-electron chi connectivity index (χ4n) is 4.57. The van der Waals surface area contributed by atoms with Crippen molar-refractivity contribution >= 4 is 11.8 Å². The van der Waals surface area contributed by atoms with Gasteiger partial charge in [-0.2, -0.15) is 0 Å². The van der Waals surface area contributed by atoms with Crippen LogP contribution in [-0.4, -0.2) is 69.9 Å². The molecule has 0 saturated carbocycles. The van der Waals surface area contributed by atoms with Crippen LogP contribution in [0.1, 0.15) is 55.4 Å². The fourth-order valence-corrected chi connectivity index (χ4v) is 4.57. The van der Waals surface area contributed by atoms with E-state index in [0.29, 0.717) is 26.2 Å². The third-order valence-electron chi connectivity index (χ3n) is 4.46. The van der Waals surface area contributed by atoms with Gasteiger partial charge < -0.3 is 20.4 Å². The predicted octanol–water partition coefficient (Wildman–Crippen LogP) is 0.964. The van der Waals surface area contributed by atoms with Crippen molar-refractivity contribution in [2.75, 3.05) is 26.2 Å². The van der Waals surface area contributed by atoms with Gasteiger partial charge in [0.15, 0.2) is 0 Å². The first kappa shape index (κ1) is 19.2. The van der Waals surface area contributed by atoms with Gasteiger partial charge in [-0.1, -0.05) is 0 Å². The molecule has 2 aliphatic heterocycles. The SMILES string of the molecule is CC1(C)CN(C(=O)C(=O)N2CC(C)(C)NC(C)(C)C2)CC(C)(C)N1. The van der Waals surface area contributed by atoms with Crippen LogP contribution in [0.3, 0.4) is 0 Å². The summed E-state index contributed by atoms with van der Waals surface area (Å²) in [5, 5.41) is 7.07. The van der Waals surface area contributed by atoms with Crippen molar-refractivity contribution in [3.05, 3.63) is 0 Å². The van der Waals surface area contributed by atoms with Gasteiger partial charge in [0.1, 0.15) is 0 Å². The average molecular weight is 338 g/mol. The van der Waals surface area contributed by atoms with E-state index >= 15 is 0 Å². The van der Waals surface area contributed by atoms with E-state index in [0.717, 1.165) is 0 Å². The zero-order valence-corrected chi connectivity index (χ0v) is 16.5. The lowest BCUT2D eigenvalue weighted by Gasteiger charge is -2.50. The Bertz CT molecular complexity index is 457. The van der Waals surface area contributed by atoms with Crippen molar-refractivity contribution in [1.82, 2.24) is 20.4 Å². The molecule has 24 heavy (non-hydrogen) atoms. The Balaban J connectivity index is 2.16. The second-order valence-corrected chi connectivity index (χ2v) is 10.1. The smallest absolute Gasteiger partial charge is 0.312 e. The quantitative estimate of drug-likeness (QED) is 0.646. The highest BCUT2D eigenvalue weighted by Crippen LogP contribution is 2.24. The number of carbonyl (C=O) groups is 2. The van der Waals surface area contributed by atoms with Gasteiger partial charge in [-0.05, 0) is 55.4 Å². The van der Waals surface area contributed by atoms with E-state index in [2.05, 4.69) is 66.0 Å². The number of carbonyl (C=O) groups excluding carboxylic acids is 2. The van der Waals surface area contributed by atoms with Crippen LogP contribution in [0.5, 0.6) is 0 Å². The Kier molecular flexibility index (Phi) is 4.56. The summed E-state index contributed by atoms with van der Waals surface area (Å²) in [5.74, 6) is -0.766. The molecule has 6 heteroatoms. The average Bonchev–Trinajstić information content (AvgIpc) is 2.29. The molecule has 2 aliphatic rings. The minimum absolute atomic E-state index is 0.209. The van der Waals surface area contributed by atoms with Gasteiger partial charge in [0.2, 0.25) is 0 Å². The molecule has 138 valence electrons. The van der Waals surface area contributed by atoms with E-state index in [9.17, 15) is 9.59 Å². The first-order valence-electron chi connectivity index (χ1n) is 8.78. The zero-order valence-electron chi connectivity index (χ0n) is 16.5. The van der Waals surface area contributed by atoms with Gasteiger partial charge in [-0.15, -0.1) is 0 Å². The molecule has 2 fully saturated rings. The van der Waals surface area contributed by atoms with Crippen molar-refractivity contribution < 1.29 is 9.59 Å². The number of hydrogen-bond donors (Lipinski definition) is 2. The van der Waals surface area contributed by atoms with Crippen molar-refractivity contribution in [1.29, 1.82) is 0 Å². The molecule has 0 radical (unpaired) electrons. The summed E-state index contributed by atoms with van der Waals surface area (Å²) in [6.45, 7) is 18.7. The molecule has 0 aliphatic carbocycles. The van der Waals surface area contributed by atoms with E-state index in [1.54, 1.807) is 9.80 Å². The summed E-state index contributed by atoms with van der Waals surface area (Å²) in [6.07, 6.45) is 0. The molecule has 2 amide bonds. The second kappa shape index (κ2) is 5.70. The van der Waals surface area contributed by atoms with Crippen molar-refractivity contribution in [3.8, 4) is 0 Å². The van der Waals surface area contributed by atoms with Gasteiger partial charge in [0, 0.05) is 48.3 Å². The fraction of sp³-hybridized carbons (Fsp3) is 0.889. The maximum atomic E-state index is 12.9. The van der Waals surface area contributed by atoms with Gasteiger partial charge in [-0.3, -0.25) is 9.59 Å². The van der Waals surface area contributed by atoms with Crippen LogP contribution in [0.15, 0.2) is 0 Å². The highest BCUT2D eigenvalue weighted by molar-refractivity contribution is 6.35. The van der Waals surface area contributed by atoms with Gasteiger partial charge in [0.25, 0.3) is 0 Å². The minimum Gasteiger partial charge on any atom is -0.331 e. The van der Waals surface area contributed by atoms with Crippen molar-refractivity contribution in [2.24, 2.45) is 0 Å². The molecule has 2 N–H and O–H groups in total. The van der Waals surface area contributed by atoms with Crippen LogP contribution in [-0.2, 0) is 9.59 Å². The maximum Gasteiger partial charge on any atom is 0.312 e. The molecule has 0 aromatic carbocycles. The monoisotopic (exact) mass is 338 g/mol. The first-order chi connectivity index (χ1) is 10.6. The molecule has 0 bridgehead atoms. The van der Waals surface area contributed by atoms with Gasteiger partial charge in [0.05, 0.1) is 0 Å². The highest BCUT2D eigenvalue weighted by atomic mass is 16.2. The molecule has 0 atom stereocenters. The van der Waals surface area contributed by atoms with E-state index in [4.69, 9.17) is 0 Å². The number of amides is 2. The number of piperazine rings is 2. The summed E-state index contributed by atoms with van der Waals surface area (Å²) in [4.78, 5) is 29.2. The summed E-state index contributed by atoms with van der Waals surface area (Å²) < 4.78 is 0. The highest BCUT2D eigenvalue weighted by Gasteiger charge is 2.44. The molecule has 0 unspecified atom stereocenters. The molecule has 0 spiro atoms. The Morgan fingerprint density at radius 2 is 0.792 bits per heavy atom. The molecular weight excluding hydrogens is 304 g/mol. The molecule has 2 heterocycles. The van der Waals surface area contributed by atoms with Crippen LogP contribution in [0, 0.1) is 0 Å². The normalized spacial score (nSPS) is 27.7. The standard InChI is InChI=1S/C18H34N4O2/c1-15(2)9-21(10-16(3,4)19-15)13(23)14(24)22-11-17(5,6)20-18(7,8)12-22/h19-20H,9-12H2,1-8H3. The number of rotatable bonds is 0. The largest absolute Gasteiger partial charge is 0.331 e. The molecule has 0 aromatic rings. The van der Waals surface area contributed by atoms with Gasteiger partial charge in [-0.25, -0.2) is 0 Å². The van der Waals surface area contributed by atoms with Gasteiger partial charge >= 0.3 is 11.8 Å². The second-order valence-electron chi connectivity index (χ2n) is 10.1. The lowest BCUT2D eigenvalue weighted by Crippen LogP contribution is -2.71. The number of nitrogens with one attached hydrogen (secondary N) is 2. The summed E-state index contributed by atoms with van der Waals surface area (Å²) in [6, 6.07) is 0. The van der Waals surface area contributed by atoms with Crippen molar-refractivity contribution in [2.45, 2.75) is 77.5 Å². The van der Waals surface area contributed by atoms with Crippen LogP contribution < -0.4 is 10.6 Å². The van der Waals surface area contributed by atoms with E-state index in [1.807, 2.05) is 0 Å². The van der Waals surface area contributed by atoms with E-state index < -0.39 is 0 Å². The van der Waals surface area contributed by atoms with Crippen LogP contribution in [0.2, 0.25) is 0 Å². The first-order valence-corrected chi connectivity index (χ1v) is 8.78. The lowest BCUT2D eigenvalue weighted by molar-refractivity contribution is -0.156. The molecule has 0 aromatic heterocycles. The van der Waals surface area contributed by atoms with Crippen LogP contribution in [0.4, 0.5) is 0 Å². The molecule has 6 nitrogen and oxygen atoms in total. The Hall–Kier alpha value is -1.14. The lowest BCUT2D eigenvalue weighted by atomic mass is 9.90. The minimum atomic E-state index is -0.383. The van der Waals surface area contributed by atoms with Crippen LogP contribution >= 0.6 is 0 Å². The third-order valence-corrected chi connectivity index (χ3v) is 4.46. The summed E-state index contributed by atoms with van der Waals surface area (Å²) in [7, 11) is 0. The van der Waals surface area contributed by atoms with E-state index in [1.165, 1.54) is 0 Å². The van der Waals surface area contributed by atoms with E-state index in [-0.39, 0.29) is 34.0 Å². The number of nitrogens with zero attached hydrogens (tertiary/aromatic N) is 2. The van der Waals surface area contributed by atoms with Crippen LogP contribution in [0.25, 0.3) is 0 Å². The summed E-state index contributed by atoms with van der Waals surface area (Å²) >= 11 is 0. The molecule has 2 rings (SSSR count). The summed E-state index contributed by atoms with van der Waals surface area (Å²) in [5.41, 5.74) is -0.835.